The van der Waals surface area contributed by atoms with Crippen LogP contribution < -0.4 is 5.32 Å². The van der Waals surface area contributed by atoms with Crippen LogP contribution in [0.3, 0.4) is 0 Å². The highest BCUT2D eigenvalue weighted by Crippen LogP contribution is 2.21. The molecule has 2 fully saturated rings. The Labute approximate surface area is 150 Å². The van der Waals surface area contributed by atoms with Gasteiger partial charge in [0.05, 0.1) is 12.5 Å². The second-order valence-electron chi connectivity index (χ2n) is 7.28. The molecule has 0 spiro atoms. The quantitative estimate of drug-likeness (QED) is 0.738. The average molecular weight is 353 g/mol. The Morgan fingerprint density at radius 1 is 1.28 bits per heavy atom. The van der Waals surface area contributed by atoms with E-state index in [0.717, 1.165) is 25.7 Å². The van der Waals surface area contributed by atoms with E-state index in [4.69, 9.17) is 4.74 Å². The molecule has 0 aromatic heterocycles. The Kier molecular flexibility index (Phi) is 7.08. The lowest BCUT2D eigenvalue weighted by Crippen LogP contribution is -2.48. The first kappa shape index (κ1) is 19.5. The molecule has 0 aromatic carbocycles. The summed E-state index contributed by atoms with van der Waals surface area (Å²) in [5, 5.41) is 3.06. The van der Waals surface area contributed by atoms with Gasteiger partial charge in [-0.1, -0.05) is 13.3 Å². The van der Waals surface area contributed by atoms with Crippen molar-refractivity contribution >= 4 is 17.9 Å². The number of unbranched alkanes of at least 4 members (excludes halogenated alkanes) is 1. The van der Waals surface area contributed by atoms with Gasteiger partial charge in [0.25, 0.3) is 0 Å². The number of nitrogens with zero attached hydrogens (tertiary/aromatic N) is 2. The van der Waals surface area contributed by atoms with Gasteiger partial charge in [0.15, 0.2) is 0 Å². The van der Waals surface area contributed by atoms with Gasteiger partial charge in [-0.2, -0.15) is 0 Å². The fourth-order valence-corrected chi connectivity index (χ4v) is 3.33. The largest absolute Gasteiger partial charge is 0.449 e. The van der Waals surface area contributed by atoms with E-state index in [1.807, 2.05) is 13.8 Å². The fourth-order valence-electron chi connectivity index (χ4n) is 3.33. The molecule has 142 valence electrons. The molecule has 3 amide bonds. The van der Waals surface area contributed by atoms with Crippen molar-refractivity contribution in [3.63, 3.8) is 0 Å². The van der Waals surface area contributed by atoms with E-state index in [-0.39, 0.29) is 35.9 Å². The summed E-state index contributed by atoms with van der Waals surface area (Å²) in [6, 6.07) is 0.197. The molecule has 1 unspecified atom stereocenters. The van der Waals surface area contributed by atoms with Gasteiger partial charge in [0.1, 0.15) is 0 Å². The van der Waals surface area contributed by atoms with Gasteiger partial charge in [0.2, 0.25) is 11.8 Å². The highest BCUT2D eigenvalue weighted by atomic mass is 16.6. The van der Waals surface area contributed by atoms with Crippen molar-refractivity contribution in [2.45, 2.75) is 65.0 Å². The van der Waals surface area contributed by atoms with E-state index in [1.165, 1.54) is 0 Å². The molecule has 1 N–H and O–H groups in total. The maximum atomic E-state index is 12.4. The van der Waals surface area contributed by atoms with Gasteiger partial charge in [0, 0.05) is 38.1 Å². The molecule has 7 heteroatoms. The van der Waals surface area contributed by atoms with E-state index >= 15 is 0 Å². The van der Waals surface area contributed by atoms with Crippen LogP contribution in [0.2, 0.25) is 0 Å². The Hall–Kier alpha value is -1.79. The van der Waals surface area contributed by atoms with E-state index in [0.29, 0.717) is 32.7 Å². The summed E-state index contributed by atoms with van der Waals surface area (Å²) in [7, 11) is 0. The zero-order valence-electron chi connectivity index (χ0n) is 15.6. The lowest BCUT2D eigenvalue weighted by molar-refractivity contribution is -0.130. The van der Waals surface area contributed by atoms with Crippen LogP contribution in [0.5, 0.6) is 0 Å². The van der Waals surface area contributed by atoms with Crippen LogP contribution in [0.15, 0.2) is 0 Å². The van der Waals surface area contributed by atoms with Crippen molar-refractivity contribution in [1.29, 1.82) is 0 Å². The van der Waals surface area contributed by atoms with Crippen molar-refractivity contribution in [1.82, 2.24) is 15.1 Å². The third-order valence-electron chi connectivity index (χ3n) is 4.98. The van der Waals surface area contributed by atoms with Crippen molar-refractivity contribution in [3.8, 4) is 0 Å². The third kappa shape index (κ3) is 5.34. The normalized spacial score (nSPS) is 21.8. The number of hydrogen-bond acceptors (Lipinski definition) is 4. The molecule has 7 nitrogen and oxygen atoms in total. The summed E-state index contributed by atoms with van der Waals surface area (Å²) >= 11 is 0. The molecule has 2 saturated heterocycles. The van der Waals surface area contributed by atoms with Gasteiger partial charge < -0.3 is 19.9 Å². The lowest BCUT2D eigenvalue weighted by atomic mass is 10.0. The number of piperidine rings is 1. The first-order chi connectivity index (χ1) is 11.9. The van der Waals surface area contributed by atoms with Gasteiger partial charge in [-0.3, -0.25) is 9.59 Å². The number of carbonyl (C=O) groups is 3. The van der Waals surface area contributed by atoms with Crippen LogP contribution in [0.1, 0.15) is 52.9 Å². The Morgan fingerprint density at radius 2 is 1.96 bits per heavy atom. The summed E-state index contributed by atoms with van der Waals surface area (Å²) in [5.41, 5.74) is 0. The Morgan fingerprint density at radius 3 is 2.52 bits per heavy atom. The predicted molar refractivity (Wildman–Crippen MR) is 93.9 cm³/mol. The maximum Gasteiger partial charge on any atom is 0.409 e. The van der Waals surface area contributed by atoms with E-state index in [1.54, 1.807) is 9.80 Å². The Balaban J connectivity index is 1.72. The topological polar surface area (TPSA) is 79.0 Å². The van der Waals surface area contributed by atoms with Crippen LogP contribution >= 0.6 is 0 Å². The minimum absolute atomic E-state index is 0.0412. The Bertz CT molecular complexity index is 487. The number of likely N-dealkylation sites (tertiary alicyclic amines) is 2. The first-order valence-corrected chi connectivity index (χ1v) is 9.43. The third-order valence-corrected chi connectivity index (χ3v) is 4.98. The number of rotatable bonds is 6. The number of amides is 3. The monoisotopic (exact) mass is 353 g/mol. The number of carbonyl (C=O) groups excluding carboxylic acids is 3. The minimum Gasteiger partial charge on any atom is -0.449 e. The molecule has 2 aliphatic rings. The molecule has 0 aliphatic carbocycles. The van der Waals surface area contributed by atoms with E-state index < -0.39 is 0 Å². The van der Waals surface area contributed by atoms with Crippen LogP contribution in [-0.4, -0.2) is 66.0 Å². The minimum atomic E-state index is -0.257. The lowest BCUT2D eigenvalue weighted by Gasteiger charge is -2.32. The van der Waals surface area contributed by atoms with Crippen molar-refractivity contribution in [2.75, 3.05) is 26.2 Å². The standard InChI is InChI=1S/C18H31N3O4/c1-4-5-10-25-18(24)20-8-6-15(7-9-20)19-17(23)14-11-16(22)21(12-14)13(2)3/h13-15H,4-12H2,1-3H3,(H,19,23). The molecular weight excluding hydrogens is 322 g/mol. The zero-order valence-corrected chi connectivity index (χ0v) is 15.6. The molecule has 0 radical (unpaired) electrons. The smallest absolute Gasteiger partial charge is 0.409 e. The van der Waals surface area contributed by atoms with Crippen LogP contribution in [0, 0.1) is 5.92 Å². The summed E-state index contributed by atoms with van der Waals surface area (Å²) in [5.74, 6) is -0.243. The molecule has 25 heavy (non-hydrogen) atoms. The molecule has 2 rings (SSSR count). The summed E-state index contributed by atoms with van der Waals surface area (Å²) in [4.78, 5) is 39.7. The van der Waals surface area contributed by atoms with Crippen molar-refractivity contribution < 1.29 is 19.1 Å². The van der Waals surface area contributed by atoms with E-state index in [2.05, 4.69) is 12.2 Å². The van der Waals surface area contributed by atoms with E-state index in [9.17, 15) is 14.4 Å². The maximum absolute atomic E-state index is 12.4. The van der Waals surface area contributed by atoms with Crippen LogP contribution in [0.25, 0.3) is 0 Å². The second kappa shape index (κ2) is 9.06. The van der Waals surface area contributed by atoms with Crippen LogP contribution in [0.4, 0.5) is 4.79 Å². The van der Waals surface area contributed by atoms with Crippen LogP contribution in [-0.2, 0) is 14.3 Å². The molecule has 2 heterocycles. The van der Waals surface area contributed by atoms with Crippen molar-refractivity contribution in [2.24, 2.45) is 5.92 Å². The van der Waals surface area contributed by atoms with Gasteiger partial charge in [-0.15, -0.1) is 0 Å². The van der Waals surface area contributed by atoms with Gasteiger partial charge in [-0.25, -0.2) is 4.79 Å². The summed E-state index contributed by atoms with van der Waals surface area (Å²) in [6.07, 6.45) is 3.37. The second-order valence-corrected chi connectivity index (χ2v) is 7.28. The average Bonchev–Trinajstić information content (AvgIpc) is 2.98. The highest BCUT2D eigenvalue weighted by molar-refractivity contribution is 5.89. The first-order valence-electron chi connectivity index (χ1n) is 9.43. The van der Waals surface area contributed by atoms with Gasteiger partial charge >= 0.3 is 6.09 Å². The molecule has 0 saturated carbocycles. The number of hydrogen-bond donors (Lipinski definition) is 1. The molecular formula is C18H31N3O4. The SMILES string of the molecule is CCCCOC(=O)N1CCC(NC(=O)C2CC(=O)N(C(C)C)C2)CC1. The van der Waals surface area contributed by atoms with Gasteiger partial charge in [-0.05, 0) is 33.1 Å². The fraction of sp³-hybridized carbons (Fsp3) is 0.833. The molecule has 1 atom stereocenters. The number of nitrogens with one attached hydrogen (secondary N) is 1. The molecule has 0 aromatic rings. The summed E-state index contributed by atoms with van der Waals surface area (Å²) < 4.78 is 5.22. The summed E-state index contributed by atoms with van der Waals surface area (Å²) in [6.45, 7) is 8.15. The van der Waals surface area contributed by atoms with Crippen molar-refractivity contribution in [3.05, 3.63) is 0 Å². The molecule has 0 bridgehead atoms. The zero-order chi connectivity index (χ0) is 18.4. The molecule has 2 aliphatic heterocycles. The highest BCUT2D eigenvalue weighted by Gasteiger charge is 2.36. The predicted octanol–water partition coefficient (Wildman–Crippen LogP) is 1.76. The number of ether oxygens (including phenoxy) is 1.